The molecule has 4 aliphatic carbocycles. The van der Waals surface area contributed by atoms with Gasteiger partial charge in [-0.05, 0) is 69.6 Å². The topological polar surface area (TPSA) is 17.1 Å². The monoisotopic (exact) mass is 238 g/mol. The first-order valence-corrected chi connectivity index (χ1v) is 7.19. The zero-order valence-electron chi connectivity index (χ0n) is 11.0. The van der Waals surface area contributed by atoms with Crippen LogP contribution < -0.4 is 0 Å². The average Bonchev–Trinajstić information content (AvgIpc) is 2.26. The zero-order valence-corrected chi connectivity index (χ0v) is 11.0. The van der Waals surface area contributed by atoms with E-state index in [9.17, 15) is 9.18 Å². The van der Waals surface area contributed by atoms with Gasteiger partial charge in [-0.25, -0.2) is 4.39 Å². The van der Waals surface area contributed by atoms with Gasteiger partial charge in [-0.1, -0.05) is 6.92 Å². The Kier molecular flexibility index (Phi) is 2.44. The number of alkyl halides is 1. The predicted octanol–water partition coefficient (Wildman–Crippen LogP) is 3.91. The second-order valence-corrected chi connectivity index (χ2v) is 7.08. The van der Waals surface area contributed by atoms with Gasteiger partial charge in [0.1, 0.15) is 0 Å². The third kappa shape index (κ3) is 1.67. The number of hydrogen-bond donors (Lipinski definition) is 0. The highest BCUT2D eigenvalue weighted by Crippen LogP contribution is 2.61. The Balaban J connectivity index is 1.89. The van der Waals surface area contributed by atoms with Gasteiger partial charge in [0.2, 0.25) is 0 Å². The molecule has 0 aromatic carbocycles. The number of rotatable bonds is 3. The van der Waals surface area contributed by atoms with Gasteiger partial charge in [-0.3, -0.25) is 4.79 Å². The lowest BCUT2D eigenvalue weighted by molar-refractivity contribution is -0.155. The van der Waals surface area contributed by atoms with E-state index in [4.69, 9.17) is 0 Å². The molecule has 0 N–H and O–H groups in total. The van der Waals surface area contributed by atoms with Gasteiger partial charge in [0.25, 0.3) is 0 Å². The highest BCUT2D eigenvalue weighted by Gasteiger charge is 2.57. The lowest BCUT2D eigenvalue weighted by atomic mass is 9.47. The maximum atomic E-state index is 14.4. The third-order valence-corrected chi connectivity index (χ3v) is 5.66. The van der Waals surface area contributed by atoms with Crippen LogP contribution in [-0.4, -0.2) is 11.5 Å². The fraction of sp³-hybridized carbons (Fsp3) is 0.933. The van der Waals surface area contributed by atoms with E-state index in [0.29, 0.717) is 6.42 Å². The Morgan fingerprint density at radius 1 is 1.18 bits per heavy atom. The van der Waals surface area contributed by atoms with Gasteiger partial charge in [-0.2, -0.15) is 0 Å². The molecule has 17 heavy (non-hydrogen) atoms. The molecule has 0 aliphatic heterocycles. The number of ketones is 1. The van der Waals surface area contributed by atoms with Crippen molar-refractivity contribution in [2.24, 2.45) is 23.2 Å². The van der Waals surface area contributed by atoms with Crippen molar-refractivity contribution in [2.75, 3.05) is 0 Å². The number of halogens is 1. The Bertz CT molecular complexity index is 310. The minimum absolute atomic E-state index is 0.0633. The first-order chi connectivity index (χ1) is 7.95. The Labute approximate surface area is 103 Å². The second kappa shape index (κ2) is 3.55. The van der Waals surface area contributed by atoms with E-state index in [0.717, 1.165) is 37.0 Å². The van der Waals surface area contributed by atoms with Crippen LogP contribution in [-0.2, 0) is 4.79 Å². The highest BCUT2D eigenvalue weighted by atomic mass is 19.1. The smallest absolute Gasteiger partial charge is 0.175 e. The average molecular weight is 238 g/mol. The summed E-state index contributed by atoms with van der Waals surface area (Å²) in [6.07, 6.45) is 7.20. The molecule has 0 radical (unpaired) electrons. The van der Waals surface area contributed by atoms with Crippen LogP contribution >= 0.6 is 0 Å². The lowest BCUT2D eigenvalue weighted by Gasteiger charge is -2.56. The van der Waals surface area contributed by atoms with Gasteiger partial charge < -0.3 is 0 Å². The molecule has 0 aromatic rings. The van der Waals surface area contributed by atoms with Crippen LogP contribution in [0.5, 0.6) is 0 Å². The SMILES string of the molecule is CCC(C)(F)C(=O)C12CC3CC(CC(C3)C1)C2. The van der Waals surface area contributed by atoms with Gasteiger partial charge in [0, 0.05) is 5.41 Å². The van der Waals surface area contributed by atoms with Crippen molar-refractivity contribution in [3.8, 4) is 0 Å². The standard InChI is InChI=1S/C15H23FO/c1-3-14(2,16)13(17)15-7-10-4-11(8-15)6-12(5-10)9-15/h10-12H,3-9H2,1-2H3. The van der Waals surface area contributed by atoms with Crippen molar-refractivity contribution in [2.45, 2.75) is 64.5 Å². The fourth-order valence-corrected chi connectivity index (χ4v) is 5.10. The summed E-state index contributed by atoms with van der Waals surface area (Å²) in [7, 11) is 0. The molecule has 4 saturated carbocycles. The minimum Gasteiger partial charge on any atom is -0.295 e. The van der Waals surface area contributed by atoms with E-state index < -0.39 is 5.67 Å². The van der Waals surface area contributed by atoms with Crippen LogP contribution in [0.15, 0.2) is 0 Å². The van der Waals surface area contributed by atoms with Crippen molar-refractivity contribution in [3.63, 3.8) is 0 Å². The van der Waals surface area contributed by atoms with Crippen LogP contribution in [0.4, 0.5) is 4.39 Å². The Hall–Kier alpha value is -0.400. The molecule has 96 valence electrons. The molecule has 4 aliphatic rings. The normalized spacial score (nSPS) is 46.9. The highest BCUT2D eigenvalue weighted by molar-refractivity contribution is 5.92. The summed E-state index contributed by atoms with van der Waals surface area (Å²) in [6, 6.07) is 0. The van der Waals surface area contributed by atoms with Gasteiger partial charge in [0.05, 0.1) is 0 Å². The molecule has 0 amide bonds. The zero-order chi connectivity index (χ0) is 12.3. The number of hydrogen-bond acceptors (Lipinski definition) is 1. The molecule has 1 nitrogen and oxygen atoms in total. The summed E-state index contributed by atoms with van der Waals surface area (Å²) in [4.78, 5) is 12.6. The minimum atomic E-state index is -1.59. The van der Waals surface area contributed by atoms with Crippen molar-refractivity contribution >= 4 is 5.78 Å². The summed E-state index contributed by atoms with van der Waals surface area (Å²) in [6.45, 7) is 3.28. The van der Waals surface area contributed by atoms with Crippen molar-refractivity contribution < 1.29 is 9.18 Å². The molecule has 0 spiro atoms. The maximum absolute atomic E-state index is 14.4. The molecule has 2 heteroatoms. The molecule has 0 heterocycles. The Morgan fingerprint density at radius 2 is 1.59 bits per heavy atom. The van der Waals surface area contributed by atoms with E-state index in [2.05, 4.69) is 0 Å². The summed E-state index contributed by atoms with van der Waals surface area (Å²) >= 11 is 0. The maximum Gasteiger partial charge on any atom is 0.175 e. The molecule has 4 fully saturated rings. The van der Waals surface area contributed by atoms with Crippen LogP contribution in [0.1, 0.15) is 58.8 Å². The second-order valence-electron chi connectivity index (χ2n) is 7.08. The van der Waals surface area contributed by atoms with Gasteiger partial charge in [0.15, 0.2) is 11.5 Å². The number of carbonyl (C=O) groups is 1. The molecule has 4 rings (SSSR count). The lowest BCUT2D eigenvalue weighted by Crippen LogP contribution is -2.54. The summed E-state index contributed by atoms with van der Waals surface area (Å²) in [5.41, 5.74) is -1.86. The van der Waals surface area contributed by atoms with E-state index in [1.807, 2.05) is 0 Å². The summed E-state index contributed by atoms with van der Waals surface area (Å²) < 4.78 is 14.4. The first-order valence-electron chi connectivity index (χ1n) is 7.19. The molecule has 4 bridgehead atoms. The first kappa shape index (κ1) is 11.7. The molecular weight excluding hydrogens is 215 g/mol. The van der Waals surface area contributed by atoms with Crippen LogP contribution in [0.2, 0.25) is 0 Å². The van der Waals surface area contributed by atoms with Crippen LogP contribution in [0.25, 0.3) is 0 Å². The van der Waals surface area contributed by atoms with Crippen LogP contribution in [0.3, 0.4) is 0 Å². The van der Waals surface area contributed by atoms with Gasteiger partial charge in [-0.15, -0.1) is 0 Å². The summed E-state index contributed by atoms with van der Waals surface area (Å²) in [5, 5.41) is 0. The molecular formula is C15H23FO. The van der Waals surface area contributed by atoms with Crippen molar-refractivity contribution in [1.29, 1.82) is 0 Å². The number of carbonyl (C=O) groups excluding carboxylic acids is 1. The molecule has 1 atom stereocenters. The summed E-state index contributed by atoms with van der Waals surface area (Å²) in [5.74, 6) is 2.10. The van der Waals surface area contributed by atoms with Gasteiger partial charge >= 0.3 is 0 Å². The van der Waals surface area contributed by atoms with E-state index in [-0.39, 0.29) is 11.2 Å². The van der Waals surface area contributed by atoms with Crippen molar-refractivity contribution in [3.05, 3.63) is 0 Å². The van der Waals surface area contributed by atoms with Crippen molar-refractivity contribution in [1.82, 2.24) is 0 Å². The Morgan fingerprint density at radius 3 is 1.94 bits per heavy atom. The quantitative estimate of drug-likeness (QED) is 0.728. The predicted molar refractivity (Wildman–Crippen MR) is 65.4 cm³/mol. The third-order valence-electron chi connectivity index (χ3n) is 5.66. The fourth-order valence-electron chi connectivity index (χ4n) is 5.10. The van der Waals surface area contributed by atoms with Crippen LogP contribution in [0, 0.1) is 23.2 Å². The molecule has 0 saturated heterocycles. The molecule has 1 unspecified atom stereocenters. The molecule has 0 aromatic heterocycles. The largest absolute Gasteiger partial charge is 0.295 e. The number of Topliss-reactive ketones (excluding diaryl/α,β-unsaturated/α-hetero) is 1. The van der Waals surface area contributed by atoms with E-state index in [1.165, 1.54) is 26.2 Å². The van der Waals surface area contributed by atoms with E-state index >= 15 is 0 Å². The van der Waals surface area contributed by atoms with E-state index in [1.54, 1.807) is 6.92 Å².